The normalized spacial score (nSPS) is 27.5. The van der Waals surface area contributed by atoms with Gasteiger partial charge in [-0.1, -0.05) is 57.0 Å². The van der Waals surface area contributed by atoms with Crippen molar-refractivity contribution in [3.63, 3.8) is 0 Å². The van der Waals surface area contributed by atoms with Crippen molar-refractivity contribution >= 4 is 8.58 Å². The summed E-state index contributed by atoms with van der Waals surface area (Å²) in [7, 11) is 1.40. The van der Waals surface area contributed by atoms with Gasteiger partial charge in [0, 0.05) is 5.66 Å². The van der Waals surface area contributed by atoms with Crippen LogP contribution in [0.25, 0.3) is 0 Å². The Kier molecular flexibility index (Phi) is 13.5. The predicted octanol–water partition coefficient (Wildman–Crippen LogP) is 3.60. The van der Waals surface area contributed by atoms with Gasteiger partial charge in [-0.3, -0.25) is 0 Å². The van der Waals surface area contributed by atoms with E-state index in [1.807, 2.05) is 0 Å². The molecule has 0 N–H and O–H groups in total. The Balaban J connectivity index is 0.000000440. The third-order valence-corrected chi connectivity index (χ3v) is 6.68. The molecule has 127 valence electrons. The van der Waals surface area contributed by atoms with E-state index >= 15 is 0 Å². The van der Waals surface area contributed by atoms with Gasteiger partial charge in [0.25, 0.3) is 0 Å². The van der Waals surface area contributed by atoms with E-state index in [-0.39, 0.29) is 46.6 Å². The second-order valence-electron chi connectivity index (χ2n) is 6.61. The molecule has 0 aromatic heterocycles. The molecule has 25 heavy (non-hydrogen) atoms. The zero-order chi connectivity index (χ0) is 17.1. The molecule has 0 nitrogen and oxygen atoms in total. The zero-order valence-corrected chi connectivity index (χ0v) is 20.9. The van der Waals surface area contributed by atoms with E-state index in [0.29, 0.717) is 0 Å². The van der Waals surface area contributed by atoms with Gasteiger partial charge < -0.3 is 0 Å². The molecule has 0 bridgehead atoms. The summed E-state index contributed by atoms with van der Waals surface area (Å²) in [6, 6.07) is 0. The van der Waals surface area contributed by atoms with Crippen molar-refractivity contribution in [2.45, 2.75) is 54.9 Å². The Bertz CT molecular complexity index is 313. The van der Waals surface area contributed by atoms with Crippen LogP contribution >= 0.6 is 8.58 Å². The van der Waals surface area contributed by atoms with Crippen molar-refractivity contribution in [1.82, 2.24) is 0 Å². The van der Waals surface area contributed by atoms with Crippen LogP contribution in [0.1, 0.15) is 54.9 Å². The molecule has 2 aliphatic carbocycles. The van der Waals surface area contributed by atoms with Gasteiger partial charge in [-0.25, -0.2) is 0 Å². The van der Waals surface area contributed by atoms with Crippen LogP contribution in [0.15, 0.2) is 0 Å². The van der Waals surface area contributed by atoms with Crippen molar-refractivity contribution in [2.24, 2.45) is 0 Å². The van der Waals surface area contributed by atoms with Crippen molar-refractivity contribution in [1.29, 1.82) is 0 Å². The minimum Gasteiger partial charge on any atom is -0.0677 e. The third-order valence-electron chi connectivity index (χ3n) is 5.35. The van der Waals surface area contributed by atoms with Crippen molar-refractivity contribution < 1.29 is 46.6 Å². The van der Waals surface area contributed by atoms with Gasteiger partial charge in [0.2, 0.25) is 0 Å². The maximum Gasteiger partial charge on any atom is 2.00 e. The van der Waals surface area contributed by atoms with E-state index < -0.39 is 0 Å². The smallest absolute Gasteiger partial charge is 0.0677 e. The second kappa shape index (κ2) is 12.5. The largest absolute Gasteiger partial charge is 2.00 e. The standard InChI is InChI=1S/C12H13P.C10H15.Fe.Na/c1-9-8-13-12(10(9)2)7-11-5-3-4-6-11;1-6-7(2)9(4)10(5)8(6)3;;/h3-6,8H,7H2,1-2H3;1-5H3;;/q;;+2;+1. The van der Waals surface area contributed by atoms with Crippen molar-refractivity contribution in [3.05, 3.63) is 84.8 Å². The van der Waals surface area contributed by atoms with Crippen LogP contribution in [0.3, 0.4) is 0 Å². The summed E-state index contributed by atoms with van der Waals surface area (Å²) in [5.41, 5.74) is 1.56. The van der Waals surface area contributed by atoms with Crippen LogP contribution in [0.5, 0.6) is 0 Å². The molecule has 3 fully saturated rings. The molecular weight excluding hydrogens is 374 g/mol. The van der Waals surface area contributed by atoms with E-state index in [2.05, 4.69) is 80.3 Å². The maximum absolute atomic E-state index is 2.30. The minimum absolute atomic E-state index is 0. The number of rotatable bonds is 2. The maximum atomic E-state index is 2.30. The SMILES string of the molecule is C[C]1[CH][P][C](C[C]2[CH][CH][CH][CH]2)[C]1C.C[C]1[C](C)[C](C)[C](C)[C]1C.[Fe+2].[Na+]. The topological polar surface area (TPSA) is 0 Å². The first-order chi connectivity index (χ1) is 10.8. The molecule has 0 atom stereocenters. The van der Waals surface area contributed by atoms with Gasteiger partial charge in [-0.15, -0.1) is 0 Å². The van der Waals surface area contributed by atoms with Gasteiger partial charge in [-0.2, -0.15) is 0 Å². The average molecular weight is 402 g/mol. The van der Waals surface area contributed by atoms with Crippen LogP contribution in [0.2, 0.25) is 0 Å². The summed E-state index contributed by atoms with van der Waals surface area (Å²) in [6.45, 7) is 15.4. The molecule has 3 rings (SSSR count). The van der Waals surface area contributed by atoms with E-state index in [4.69, 9.17) is 0 Å². The van der Waals surface area contributed by atoms with Crippen molar-refractivity contribution in [3.8, 4) is 0 Å². The van der Waals surface area contributed by atoms with Crippen LogP contribution in [-0.2, 0) is 17.1 Å². The average Bonchev–Trinajstić information content (AvgIpc) is 3.20. The van der Waals surface area contributed by atoms with Crippen LogP contribution in [-0.4, -0.2) is 0 Å². The molecule has 0 unspecified atom stereocenters. The molecule has 15 radical (unpaired) electrons. The van der Waals surface area contributed by atoms with Gasteiger partial charge in [-0.05, 0) is 85.6 Å². The molecule has 0 spiro atoms. The van der Waals surface area contributed by atoms with E-state index in [1.54, 1.807) is 5.66 Å². The fourth-order valence-corrected chi connectivity index (χ4v) is 4.09. The first-order valence-corrected chi connectivity index (χ1v) is 9.27. The summed E-state index contributed by atoms with van der Waals surface area (Å²) >= 11 is 0. The van der Waals surface area contributed by atoms with E-state index in [0.717, 1.165) is 6.42 Å². The Morgan fingerprint density at radius 1 is 0.680 bits per heavy atom. The molecule has 1 aliphatic heterocycles. The molecule has 0 aromatic carbocycles. The zero-order valence-electron chi connectivity index (χ0n) is 16.9. The summed E-state index contributed by atoms with van der Waals surface area (Å²) in [6.07, 6.45) is 12.0. The quantitative estimate of drug-likeness (QED) is 0.489. The Morgan fingerprint density at radius 3 is 1.40 bits per heavy atom. The predicted molar refractivity (Wildman–Crippen MR) is 102 cm³/mol. The Labute approximate surface area is 193 Å². The Hall–Kier alpha value is 1.95. The fraction of sp³-hybridized carbons (Fsp3) is 0.364. The number of hydrogen-bond donors (Lipinski definition) is 0. The molecule has 3 aliphatic rings. The summed E-state index contributed by atoms with van der Waals surface area (Å²) in [5, 5.41) is 0. The molecule has 0 amide bonds. The first-order valence-electron chi connectivity index (χ1n) is 8.30. The fourth-order valence-electron chi connectivity index (χ4n) is 2.91. The van der Waals surface area contributed by atoms with Crippen molar-refractivity contribution in [2.75, 3.05) is 0 Å². The summed E-state index contributed by atoms with van der Waals surface area (Å²) in [5.74, 6) is 11.7. The molecule has 1 saturated heterocycles. The van der Waals surface area contributed by atoms with E-state index in [9.17, 15) is 0 Å². The minimum atomic E-state index is 0. The Morgan fingerprint density at radius 2 is 1.08 bits per heavy atom. The van der Waals surface area contributed by atoms with Gasteiger partial charge in [0.05, 0.1) is 0 Å². The molecule has 1 heterocycles. The second-order valence-corrected chi connectivity index (χ2v) is 7.66. The van der Waals surface area contributed by atoms with Gasteiger partial charge in [0.15, 0.2) is 0 Å². The molecule has 0 aromatic rings. The third kappa shape index (κ3) is 7.05. The monoisotopic (exact) mass is 402 g/mol. The van der Waals surface area contributed by atoms with E-state index in [1.165, 1.54) is 55.9 Å². The van der Waals surface area contributed by atoms with Crippen LogP contribution < -0.4 is 29.6 Å². The number of hydrogen-bond acceptors (Lipinski definition) is 0. The van der Waals surface area contributed by atoms with Gasteiger partial charge >= 0.3 is 46.6 Å². The summed E-state index contributed by atoms with van der Waals surface area (Å²) < 4.78 is 0. The molecule has 2 saturated carbocycles. The molecule has 3 heteroatoms. The molecular formula is C22H28FeNaP+3. The van der Waals surface area contributed by atoms with Crippen LogP contribution in [0, 0.1) is 84.8 Å². The van der Waals surface area contributed by atoms with Crippen LogP contribution in [0.4, 0.5) is 0 Å². The first kappa shape index (κ1) is 26.9. The van der Waals surface area contributed by atoms with Gasteiger partial charge in [0.1, 0.15) is 0 Å². The summed E-state index contributed by atoms with van der Waals surface area (Å²) in [4.78, 5) is 0.